The number of nitrogens with two attached hydrogens (primary N) is 1. The van der Waals surface area contributed by atoms with E-state index in [2.05, 4.69) is 15.4 Å². The van der Waals surface area contributed by atoms with Gasteiger partial charge in [0.05, 0.1) is 11.8 Å². The predicted octanol–water partition coefficient (Wildman–Crippen LogP) is 2.58. The number of carboxylic acids is 1. The number of nitrogens with zero attached hydrogens (tertiary/aromatic N) is 3. The van der Waals surface area contributed by atoms with E-state index in [0.29, 0.717) is 11.9 Å². The summed E-state index contributed by atoms with van der Waals surface area (Å²) >= 11 is 0. The predicted molar refractivity (Wildman–Crippen MR) is 98.3 cm³/mol. The fourth-order valence-electron chi connectivity index (χ4n) is 2.44. The monoisotopic (exact) mass is 421 g/mol. The number of nitrogens with one attached hydrogen (secondary N) is 1. The molecule has 0 aliphatic rings. The third kappa shape index (κ3) is 4.48. The molecule has 0 unspecified atom stereocenters. The normalized spacial score (nSPS) is 11.2. The van der Waals surface area contributed by atoms with Crippen molar-refractivity contribution in [2.45, 2.75) is 6.18 Å². The molecule has 0 aliphatic carbocycles. The van der Waals surface area contributed by atoms with Crippen LogP contribution in [0.5, 0.6) is 5.75 Å². The highest BCUT2D eigenvalue weighted by molar-refractivity contribution is 6.06. The minimum Gasteiger partial charge on any atom is -0.480 e. The minimum atomic E-state index is -4.54. The molecule has 0 atom stereocenters. The lowest BCUT2D eigenvalue weighted by atomic mass is 10.2. The Morgan fingerprint density at radius 1 is 1.17 bits per heavy atom. The molecule has 1 amide bonds. The second-order valence-electron chi connectivity index (χ2n) is 5.89. The van der Waals surface area contributed by atoms with Crippen molar-refractivity contribution in [3.63, 3.8) is 0 Å². The summed E-state index contributed by atoms with van der Waals surface area (Å²) in [5.41, 5.74) is 5.27. The third-order valence-corrected chi connectivity index (χ3v) is 3.83. The zero-order valence-corrected chi connectivity index (χ0v) is 15.1. The van der Waals surface area contributed by atoms with Gasteiger partial charge in [0.1, 0.15) is 28.6 Å². The van der Waals surface area contributed by atoms with E-state index in [9.17, 15) is 22.8 Å². The Balaban J connectivity index is 1.82. The lowest BCUT2D eigenvalue weighted by Crippen LogP contribution is -2.16. The Kier molecular flexibility index (Phi) is 5.58. The first kappa shape index (κ1) is 20.6. The lowest BCUT2D eigenvalue weighted by molar-refractivity contribution is -0.139. The number of ether oxygens (including phenoxy) is 1. The smallest absolute Gasteiger partial charge is 0.417 e. The number of amides is 1. The maximum absolute atomic E-state index is 12.6. The number of anilines is 2. The van der Waals surface area contributed by atoms with E-state index in [0.717, 1.165) is 18.3 Å². The number of halogens is 3. The molecule has 0 aliphatic heterocycles. The van der Waals surface area contributed by atoms with Gasteiger partial charge >= 0.3 is 12.1 Å². The van der Waals surface area contributed by atoms with Gasteiger partial charge in [-0.1, -0.05) is 12.1 Å². The summed E-state index contributed by atoms with van der Waals surface area (Å²) in [4.78, 5) is 26.7. The van der Waals surface area contributed by atoms with Crippen LogP contribution in [-0.4, -0.2) is 38.4 Å². The number of benzene rings is 1. The van der Waals surface area contributed by atoms with Gasteiger partial charge in [-0.2, -0.15) is 18.3 Å². The van der Waals surface area contributed by atoms with Crippen LogP contribution in [0.1, 0.15) is 15.9 Å². The van der Waals surface area contributed by atoms with Gasteiger partial charge in [-0.25, -0.2) is 14.5 Å². The molecule has 2 heterocycles. The second-order valence-corrected chi connectivity index (χ2v) is 5.89. The van der Waals surface area contributed by atoms with Crippen LogP contribution in [0, 0.1) is 0 Å². The lowest BCUT2D eigenvalue weighted by Gasteiger charge is -2.11. The first-order valence-corrected chi connectivity index (χ1v) is 8.29. The Morgan fingerprint density at radius 2 is 1.90 bits per heavy atom. The van der Waals surface area contributed by atoms with Crippen molar-refractivity contribution in [3.8, 4) is 11.4 Å². The van der Waals surface area contributed by atoms with Crippen LogP contribution in [0.15, 0.2) is 48.8 Å². The number of rotatable bonds is 6. The molecule has 12 heteroatoms. The number of hydrogen-bond donors (Lipinski definition) is 3. The van der Waals surface area contributed by atoms with Crippen LogP contribution in [0.3, 0.4) is 0 Å². The summed E-state index contributed by atoms with van der Waals surface area (Å²) in [7, 11) is 0. The van der Waals surface area contributed by atoms with Crippen molar-refractivity contribution in [2.24, 2.45) is 0 Å². The summed E-state index contributed by atoms with van der Waals surface area (Å²) in [5.74, 6) is -1.94. The maximum Gasteiger partial charge on any atom is 0.417 e. The highest BCUT2D eigenvalue weighted by Gasteiger charge is 2.30. The zero-order valence-electron chi connectivity index (χ0n) is 15.1. The molecule has 3 rings (SSSR count). The third-order valence-electron chi connectivity index (χ3n) is 3.83. The van der Waals surface area contributed by atoms with Gasteiger partial charge in [0.15, 0.2) is 6.61 Å². The summed E-state index contributed by atoms with van der Waals surface area (Å²) in [6, 6.07) is 8.10. The molecule has 156 valence electrons. The second kappa shape index (κ2) is 8.11. The molecule has 3 aromatic rings. The van der Waals surface area contributed by atoms with Gasteiger partial charge in [-0.05, 0) is 24.3 Å². The summed E-state index contributed by atoms with van der Waals surface area (Å²) in [5, 5.41) is 15.1. The van der Waals surface area contributed by atoms with Gasteiger partial charge in [0.25, 0.3) is 5.91 Å². The number of aromatic nitrogens is 3. The van der Waals surface area contributed by atoms with Crippen molar-refractivity contribution in [2.75, 3.05) is 17.7 Å². The summed E-state index contributed by atoms with van der Waals surface area (Å²) < 4.78 is 44.2. The fourth-order valence-corrected chi connectivity index (χ4v) is 2.44. The SMILES string of the molecule is Nc1c(C(=O)Nc2ccc(C(F)(F)F)cn2)cnn1-c1ccccc1OCC(=O)O. The Bertz CT molecular complexity index is 1080. The number of hydrogen-bond acceptors (Lipinski definition) is 6. The molecule has 1 aromatic carbocycles. The Morgan fingerprint density at radius 3 is 2.53 bits per heavy atom. The number of para-hydroxylation sites is 2. The standard InChI is InChI=1S/C18H14F3N5O4/c19-18(20,21)10-5-6-14(23-7-10)25-17(29)11-8-24-26(16(11)22)12-3-1-2-4-13(12)30-9-15(27)28/h1-8H,9,22H2,(H,27,28)(H,23,25,29). The van der Waals surface area contributed by atoms with Gasteiger partial charge in [-0.15, -0.1) is 0 Å². The number of aliphatic carboxylic acids is 1. The molecule has 0 saturated heterocycles. The van der Waals surface area contributed by atoms with E-state index in [1.165, 1.54) is 10.7 Å². The van der Waals surface area contributed by atoms with E-state index in [-0.39, 0.29) is 22.9 Å². The number of carbonyl (C=O) groups is 2. The van der Waals surface area contributed by atoms with Gasteiger partial charge in [-0.3, -0.25) is 4.79 Å². The molecule has 30 heavy (non-hydrogen) atoms. The minimum absolute atomic E-state index is 0.0651. The fraction of sp³-hybridized carbons (Fsp3) is 0.111. The van der Waals surface area contributed by atoms with Crippen LogP contribution in [0.4, 0.5) is 24.8 Å². The van der Waals surface area contributed by atoms with Gasteiger partial charge in [0, 0.05) is 6.20 Å². The van der Waals surface area contributed by atoms with E-state index in [4.69, 9.17) is 15.6 Å². The average molecular weight is 421 g/mol. The molecule has 0 saturated carbocycles. The molecule has 2 aromatic heterocycles. The highest BCUT2D eigenvalue weighted by atomic mass is 19.4. The quantitative estimate of drug-likeness (QED) is 0.557. The molecule has 0 fully saturated rings. The maximum atomic E-state index is 12.6. The molecule has 0 radical (unpaired) electrons. The molecular weight excluding hydrogens is 407 g/mol. The van der Waals surface area contributed by atoms with Crippen LogP contribution in [0.2, 0.25) is 0 Å². The molecule has 9 nitrogen and oxygen atoms in total. The first-order chi connectivity index (χ1) is 14.2. The van der Waals surface area contributed by atoms with E-state index in [1.807, 2.05) is 0 Å². The Labute approximate surface area is 166 Å². The number of carbonyl (C=O) groups excluding carboxylic acids is 1. The summed E-state index contributed by atoms with van der Waals surface area (Å²) in [6.07, 6.45) is -2.79. The van der Waals surface area contributed by atoms with Crippen molar-refractivity contribution in [1.29, 1.82) is 0 Å². The van der Waals surface area contributed by atoms with Crippen molar-refractivity contribution < 1.29 is 32.6 Å². The number of alkyl halides is 3. The van der Waals surface area contributed by atoms with E-state index < -0.39 is 30.2 Å². The van der Waals surface area contributed by atoms with Crippen molar-refractivity contribution in [1.82, 2.24) is 14.8 Å². The van der Waals surface area contributed by atoms with Crippen molar-refractivity contribution in [3.05, 3.63) is 59.9 Å². The summed E-state index contributed by atoms with van der Waals surface area (Å²) in [6.45, 7) is -0.592. The topological polar surface area (TPSA) is 132 Å². The van der Waals surface area contributed by atoms with E-state index >= 15 is 0 Å². The van der Waals surface area contributed by atoms with Crippen LogP contribution in [0.25, 0.3) is 5.69 Å². The largest absolute Gasteiger partial charge is 0.480 e. The molecule has 0 bridgehead atoms. The first-order valence-electron chi connectivity index (χ1n) is 8.29. The number of carboxylic acid groups (broad SMARTS) is 1. The Hall–Kier alpha value is -4.09. The molecule has 0 spiro atoms. The molecule has 4 N–H and O–H groups in total. The van der Waals surface area contributed by atoms with E-state index in [1.54, 1.807) is 18.2 Å². The van der Waals surface area contributed by atoms with Gasteiger partial charge < -0.3 is 20.9 Å². The highest BCUT2D eigenvalue weighted by Crippen LogP contribution is 2.29. The average Bonchev–Trinajstić information content (AvgIpc) is 3.07. The van der Waals surface area contributed by atoms with Crippen LogP contribution >= 0.6 is 0 Å². The number of nitrogen functional groups attached to an aromatic ring is 1. The zero-order chi connectivity index (χ0) is 21.9. The van der Waals surface area contributed by atoms with Crippen molar-refractivity contribution >= 4 is 23.5 Å². The molecular formula is C18H14F3N5O4. The van der Waals surface area contributed by atoms with Crippen LogP contribution in [-0.2, 0) is 11.0 Å². The van der Waals surface area contributed by atoms with Crippen LogP contribution < -0.4 is 15.8 Å². The number of pyridine rings is 1. The van der Waals surface area contributed by atoms with Gasteiger partial charge in [0.2, 0.25) is 0 Å².